The van der Waals surface area contributed by atoms with Gasteiger partial charge in [-0.1, -0.05) is 32.9 Å². The number of carbonyl (C=O) groups is 1. The van der Waals surface area contributed by atoms with Gasteiger partial charge in [0.05, 0.1) is 29.7 Å². The lowest BCUT2D eigenvalue weighted by Crippen LogP contribution is -2.51. The molecule has 1 saturated heterocycles. The highest BCUT2D eigenvalue weighted by Gasteiger charge is 2.53. The van der Waals surface area contributed by atoms with Crippen LogP contribution in [0.1, 0.15) is 45.6 Å². The number of nitrogens with one attached hydrogen (secondary N) is 1. The summed E-state index contributed by atoms with van der Waals surface area (Å²) in [7, 11) is -3.49. The Balaban J connectivity index is 1.72. The van der Waals surface area contributed by atoms with Crippen molar-refractivity contribution in [2.75, 3.05) is 13.2 Å². The van der Waals surface area contributed by atoms with Crippen molar-refractivity contribution in [2.24, 2.45) is 15.6 Å². The average Bonchev–Trinajstić information content (AvgIpc) is 3.12. The molecule has 1 fully saturated rings. The fourth-order valence-corrected chi connectivity index (χ4v) is 6.91. The van der Waals surface area contributed by atoms with E-state index in [1.807, 2.05) is 13.0 Å². The van der Waals surface area contributed by atoms with E-state index in [1.54, 1.807) is 24.4 Å². The Morgan fingerprint density at radius 2 is 2.00 bits per heavy atom. The molecular weight excluding hydrogens is 414 g/mol. The molecule has 0 amide bonds. The van der Waals surface area contributed by atoms with E-state index in [2.05, 4.69) is 29.4 Å². The predicted octanol–water partition coefficient (Wildman–Crippen LogP) is 3.43. The van der Waals surface area contributed by atoms with Crippen molar-refractivity contribution in [3.8, 4) is 0 Å². The highest BCUT2D eigenvalue weighted by Crippen LogP contribution is 2.53. The molecule has 5 rings (SSSR count). The topological polar surface area (TPSA) is 97.2 Å². The van der Waals surface area contributed by atoms with Gasteiger partial charge in [-0.05, 0) is 36.0 Å². The Morgan fingerprint density at radius 1 is 1.23 bits per heavy atom. The van der Waals surface area contributed by atoms with Crippen LogP contribution in [-0.2, 0) is 24.8 Å². The van der Waals surface area contributed by atoms with Gasteiger partial charge in [-0.15, -0.1) is 0 Å². The first kappa shape index (κ1) is 20.6. The zero-order valence-corrected chi connectivity index (χ0v) is 18.8. The van der Waals surface area contributed by atoms with Crippen molar-refractivity contribution in [1.29, 1.82) is 0 Å². The Morgan fingerprint density at radius 3 is 2.68 bits per heavy atom. The van der Waals surface area contributed by atoms with E-state index in [0.29, 0.717) is 12.8 Å². The summed E-state index contributed by atoms with van der Waals surface area (Å²) < 4.78 is 31.3. The lowest BCUT2D eigenvalue weighted by molar-refractivity contribution is -0.119. The highest BCUT2D eigenvalue weighted by molar-refractivity contribution is 7.92. The van der Waals surface area contributed by atoms with Crippen LogP contribution in [0.4, 0.5) is 0 Å². The van der Waals surface area contributed by atoms with E-state index in [-0.39, 0.29) is 35.5 Å². The summed E-state index contributed by atoms with van der Waals surface area (Å²) in [6, 6.07) is 7.09. The third-order valence-corrected chi connectivity index (χ3v) is 9.07. The lowest BCUT2D eigenvalue weighted by Gasteiger charge is -2.47. The van der Waals surface area contributed by atoms with Gasteiger partial charge in [-0.25, -0.2) is 8.42 Å². The molecular formula is C23H27N3O4S. The van der Waals surface area contributed by atoms with E-state index in [9.17, 15) is 13.2 Å². The molecule has 0 radical (unpaired) electrons. The zero-order chi connectivity index (χ0) is 22.0. The molecule has 0 saturated carbocycles. The molecule has 4 aliphatic rings. The summed E-state index contributed by atoms with van der Waals surface area (Å²) in [5.41, 5.74) is 2.47. The number of rotatable bonds is 4. The zero-order valence-electron chi connectivity index (χ0n) is 18.0. The molecule has 31 heavy (non-hydrogen) atoms. The monoisotopic (exact) mass is 441 g/mol. The molecule has 7 nitrogen and oxygen atoms in total. The third kappa shape index (κ3) is 2.95. The Hall–Kier alpha value is -2.32. The molecule has 2 unspecified atom stereocenters. The number of benzene rings is 1. The summed E-state index contributed by atoms with van der Waals surface area (Å²) in [6.45, 7) is 6.69. The highest BCUT2D eigenvalue weighted by atomic mass is 32.2. The molecule has 2 atom stereocenters. The van der Waals surface area contributed by atoms with Crippen LogP contribution >= 0.6 is 0 Å². The molecule has 0 aromatic heterocycles. The number of azo groups is 1. The van der Waals surface area contributed by atoms with Crippen LogP contribution in [0.5, 0.6) is 0 Å². The third-order valence-electron chi connectivity index (χ3n) is 7.01. The number of allylic oxidation sites excluding steroid dienone is 2. The largest absolute Gasteiger partial charge is 0.379 e. The smallest absolute Gasteiger partial charge is 0.185 e. The summed E-state index contributed by atoms with van der Waals surface area (Å²) in [5.74, 6) is 0.104. The van der Waals surface area contributed by atoms with Gasteiger partial charge in [0.2, 0.25) is 0 Å². The molecule has 1 aromatic rings. The van der Waals surface area contributed by atoms with Gasteiger partial charge in [0.15, 0.2) is 21.8 Å². The molecule has 3 heterocycles. The van der Waals surface area contributed by atoms with Crippen molar-refractivity contribution in [3.05, 3.63) is 52.9 Å². The van der Waals surface area contributed by atoms with E-state index in [4.69, 9.17) is 4.74 Å². The number of nitrogens with zero attached hydrogens (tertiary/aromatic N) is 2. The Bertz CT molecular complexity index is 1160. The van der Waals surface area contributed by atoms with Crippen LogP contribution in [0.3, 0.4) is 0 Å². The van der Waals surface area contributed by atoms with Crippen molar-refractivity contribution >= 4 is 15.6 Å². The van der Waals surface area contributed by atoms with Crippen LogP contribution in [0.25, 0.3) is 0 Å². The molecule has 3 aliphatic heterocycles. The van der Waals surface area contributed by atoms with Crippen LogP contribution in [0, 0.1) is 5.41 Å². The number of ketones is 1. The quantitative estimate of drug-likeness (QED) is 0.772. The number of sulfone groups is 1. The maximum atomic E-state index is 13.5. The van der Waals surface area contributed by atoms with Gasteiger partial charge in [0.25, 0.3) is 0 Å². The second-order valence-corrected chi connectivity index (χ2v) is 11.9. The molecule has 1 aromatic carbocycles. The number of Topliss-reactive ketones (excluding diaryl/α,β-unsaturated/α-hetero) is 1. The fraction of sp³-hybridized carbons (Fsp3) is 0.522. The van der Waals surface area contributed by atoms with Crippen molar-refractivity contribution in [3.63, 3.8) is 0 Å². The van der Waals surface area contributed by atoms with Crippen LogP contribution in [0.15, 0.2) is 62.4 Å². The van der Waals surface area contributed by atoms with E-state index in [1.165, 1.54) is 0 Å². The SMILES string of the molecule is CCC1(c2cccc(S(=O)(=O)C3COC3)c2)C2=CN=NC2NC2=C1C(=O)CC(C)(C)C2. The van der Waals surface area contributed by atoms with Crippen molar-refractivity contribution in [2.45, 2.75) is 61.8 Å². The minimum Gasteiger partial charge on any atom is -0.379 e. The molecule has 1 N–H and O–H groups in total. The summed E-state index contributed by atoms with van der Waals surface area (Å²) >= 11 is 0. The van der Waals surface area contributed by atoms with Gasteiger partial charge in [-0.2, -0.15) is 10.2 Å². The standard InChI is InChI=1S/C23H27N3O4S/c1-4-23(14-6-5-7-15(8-14)31(28,29)16-12-30-13-16)17-11-24-26-21(17)25-18-9-22(2,3)10-19(27)20(18)23/h5-8,11,16,21,25H,4,9-10,12-13H2,1-3H3. The predicted molar refractivity (Wildman–Crippen MR) is 115 cm³/mol. The molecule has 1 aliphatic carbocycles. The van der Waals surface area contributed by atoms with Crippen LogP contribution < -0.4 is 5.32 Å². The summed E-state index contributed by atoms with van der Waals surface area (Å²) in [5, 5.41) is 11.4. The maximum absolute atomic E-state index is 13.5. The normalized spacial score (nSPS) is 29.7. The second kappa shape index (κ2) is 6.84. The molecule has 8 heteroatoms. The molecule has 0 bridgehead atoms. The Kier molecular flexibility index (Phi) is 4.54. The van der Waals surface area contributed by atoms with Gasteiger partial charge < -0.3 is 10.1 Å². The molecule has 164 valence electrons. The Labute approximate surface area is 182 Å². The maximum Gasteiger partial charge on any atom is 0.185 e. The molecule has 0 spiro atoms. The first-order valence-corrected chi connectivity index (χ1v) is 12.3. The number of hydrogen-bond acceptors (Lipinski definition) is 7. The lowest BCUT2D eigenvalue weighted by atomic mass is 9.59. The number of hydrogen-bond donors (Lipinski definition) is 1. The summed E-state index contributed by atoms with van der Waals surface area (Å²) in [4.78, 5) is 13.8. The average molecular weight is 442 g/mol. The second-order valence-electron chi connectivity index (χ2n) is 9.65. The van der Waals surface area contributed by atoms with Crippen molar-refractivity contribution in [1.82, 2.24) is 5.32 Å². The van der Waals surface area contributed by atoms with Gasteiger partial charge in [0, 0.05) is 23.3 Å². The fourth-order valence-electron chi connectivity index (χ4n) is 5.41. The van der Waals surface area contributed by atoms with Crippen molar-refractivity contribution < 1.29 is 17.9 Å². The van der Waals surface area contributed by atoms with Gasteiger partial charge >= 0.3 is 0 Å². The minimum atomic E-state index is -3.49. The van der Waals surface area contributed by atoms with Crippen LogP contribution in [0.2, 0.25) is 0 Å². The van der Waals surface area contributed by atoms with E-state index < -0.39 is 20.5 Å². The van der Waals surface area contributed by atoms with Crippen LogP contribution in [-0.4, -0.2) is 38.8 Å². The van der Waals surface area contributed by atoms with Gasteiger partial charge in [-0.3, -0.25) is 4.79 Å². The van der Waals surface area contributed by atoms with E-state index in [0.717, 1.165) is 28.8 Å². The first-order chi connectivity index (χ1) is 14.7. The first-order valence-electron chi connectivity index (χ1n) is 10.7. The van der Waals surface area contributed by atoms with Gasteiger partial charge in [0.1, 0.15) is 5.25 Å². The summed E-state index contributed by atoms with van der Waals surface area (Å²) in [6.07, 6.45) is 3.22. The number of fused-ring (bicyclic) bond motifs is 1. The number of ether oxygens (including phenoxy) is 1. The minimum absolute atomic E-state index is 0.104. The van der Waals surface area contributed by atoms with E-state index >= 15 is 0 Å². The number of carbonyl (C=O) groups excluding carboxylic acids is 1.